The molecule has 1 atom stereocenters. The molecule has 0 heterocycles. The minimum Gasteiger partial charge on any atom is -0.335 e. The number of hydrogen-bond donors (Lipinski definition) is 0. The van der Waals surface area contributed by atoms with Gasteiger partial charge in [-0.2, -0.15) is 0 Å². The number of amides is 1. The van der Waals surface area contributed by atoms with Crippen LogP contribution in [0.25, 0.3) is 0 Å². The van der Waals surface area contributed by atoms with Gasteiger partial charge in [0.15, 0.2) is 0 Å². The van der Waals surface area contributed by atoms with Crippen LogP contribution in [0.2, 0.25) is 0 Å². The Morgan fingerprint density at radius 3 is 2.29 bits per heavy atom. The van der Waals surface area contributed by atoms with Gasteiger partial charge < -0.3 is 4.90 Å². The first-order chi connectivity index (χ1) is 9.90. The normalized spacial score (nSPS) is 12.0. The van der Waals surface area contributed by atoms with Crippen molar-refractivity contribution in [2.24, 2.45) is 0 Å². The molecule has 2 aromatic rings. The zero-order chi connectivity index (χ0) is 15.6. The lowest BCUT2D eigenvalue weighted by atomic mass is 10.0. The highest BCUT2D eigenvalue weighted by Gasteiger charge is 2.20. The first-order valence-corrected chi connectivity index (χ1v) is 8.27. The van der Waals surface area contributed by atoms with E-state index in [1.54, 1.807) is 4.90 Å². The Balaban J connectivity index is 2.24. The van der Waals surface area contributed by atoms with Gasteiger partial charge in [0.2, 0.25) is 0 Å². The lowest BCUT2D eigenvalue weighted by Crippen LogP contribution is -2.29. The molecule has 0 N–H and O–H groups in total. The number of hydrogen-bond acceptors (Lipinski definition) is 1. The summed E-state index contributed by atoms with van der Waals surface area (Å²) in [6, 6.07) is 13.9. The lowest BCUT2D eigenvalue weighted by molar-refractivity contribution is 0.0741. The monoisotopic (exact) mass is 409 g/mol. The van der Waals surface area contributed by atoms with Crippen LogP contribution < -0.4 is 0 Å². The van der Waals surface area contributed by atoms with Crippen LogP contribution in [0.15, 0.2) is 51.4 Å². The summed E-state index contributed by atoms with van der Waals surface area (Å²) in [5, 5.41) is 0. The minimum absolute atomic E-state index is 0.00227. The number of rotatable bonds is 3. The standard InChI is InChI=1S/C17H17Br2NO/c1-11-4-6-13(7-5-11)12(2)20(3)17(21)15-9-8-14(18)10-16(15)19/h4-10,12H,1-3H3. The van der Waals surface area contributed by atoms with Crippen molar-refractivity contribution >= 4 is 37.8 Å². The Bertz CT molecular complexity index is 652. The van der Waals surface area contributed by atoms with Crippen LogP contribution in [-0.4, -0.2) is 17.9 Å². The average molecular weight is 411 g/mol. The molecule has 0 saturated carbocycles. The fourth-order valence-corrected chi connectivity index (χ4v) is 3.31. The number of benzene rings is 2. The second-order valence-corrected chi connectivity index (χ2v) is 6.90. The molecule has 0 fully saturated rings. The van der Waals surface area contributed by atoms with E-state index in [-0.39, 0.29) is 11.9 Å². The second-order valence-electron chi connectivity index (χ2n) is 5.13. The molecule has 0 aromatic heterocycles. The smallest absolute Gasteiger partial charge is 0.255 e. The molecule has 110 valence electrons. The summed E-state index contributed by atoms with van der Waals surface area (Å²) in [6.07, 6.45) is 0. The van der Waals surface area contributed by atoms with E-state index in [4.69, 9.17) is 0 Å². The van der Waals surface area contributed by atoms with Crippen LogP contribution >= 0.6 is 31.9 Å². The van der Waals surface area contributed by atoms with Gasteiger partial charge in [-0.3, -0.25) is 4.79 Å². The zero-order valence-electron chi connectivity index (χ0n) is 12.2. The summed E-state index contributed by atoms with van der Waals surface area (Å²) in [6.45, 7) is 4.09. The van der Waals surface area contributed by atoms with Crippen LogP contribution in [0.5, 0.6) is 0 Å². The Morgan fingerprint density at radius 2 is 1.71 bits per heavy atom. The van der Waals surface area contributed by atoms with Crippen molar-refractivity contribution in [3.05, 3.63) is 68.1 Å². The Hall–Kier alpha value is -1.13. The van der Waals surface area contributed by atoms with Crippen molar-refractivity contribution in [1.29, 1.82) is 0 Å². The Labute approximate surface area is 142 Å². The van der Waals surface area contributed by atoms with Crippen molar-refractivity contribution in [3.8, 4) is 0 Å². The zero-order valence-corrected chi connectivity index (χ0v) is 15.4. The van der Waals surface area contributed by atoms with Gasteiger partial charge >= 0.3 is 0 Å². The predicted octanol–water partition coefficient (Wildman–Crippen LogP) is 5.35. The Kier molecular flexibility index (Phi) is 5.22. The quantitative estimate of drug-likeness (QED) is 0.667. The third kappa shape index (κ3) is 3.74. The number of carbonyl (C=O) groups is 1. The van der Waals surface area contributed by atoms with Gasteiger partial charge in [0.25, 0.3) is 5.91 Å². The van der Waals surface area contributed by atoms with Crippen molar-refractivity contribution < 1.29 is 4.79 Å². The topological polar surface area (TPSA) is 20.3 Å². The molecule has 0 aliphatic rings. The summed E-state index contributed by atoms with van der Waals surface area (Å²) >= 11 is 6.85. The van der Waals surface area contributed by atoms with Crippen molar-refractivity contribution in [2.45, 2.75) is 19.9 Å². The molecule has 4 heteroatoms. The Morgan fingerprint density at radius 1 is 1.10 bits per heavy atom. The fourth-order valence-electron chi connectivity index (χ4n) is 2.10. The molecule has 0 saturated heterocycles. The lowest BCUT2D eigenvalue weighted by Gasteiger charge is -2.26. The first-order valence-electron chi connectivity index (χ1n) is 6.69. The van der Waals surface area contributed by atoms with E-state index in [2.05, 4.69) is 63.0 Å². The summed E-state index contributed by atoms with van der Waals surface area (Å²) in [7, 11) is 1.83. The van der Waals surface area contributed by atoms with E-state index in [9.17, 15) is 4.79 Å². The van der Waals surface area contributed by atoms with E-state index in [0.29, 0.717) is 5.56 Å². The van der Waals surface area contributed by atoms with Crippen molar-refractivity contribution in [2.75, 3.05) is 7.05 Å². The van der Waals surface area contributed by atoms with Crippen LogP contribution in [0, 0.1) is 6.92 Å². The molecular weight excluding hydrogens is 394 g/mol. The maximum absolute atomic E-state index is 12.6. The number of carbonyl (C=O) groups excluding carboxylic acids is 1. The third-order valence-electron chi connectivity index (χ3n) is 3.62. The molecule has 0 bridgehead atoms. The van der Waals surface area contributed by atoms with Crippen molar-refractivity contribution in [3.63, 3.8) is 0 Å². The van der Waals surface area contributed by atoms with Gasteiger partial charge in [0.05, 0.1) is 11.6 Å². The third-order valence-corrected chi connectivity index (χ3v) is 4.77. The number of halogens is 2. The molecule has 2 nitrogen and oxygen atoms in total. The fraction of sp³-hybridized carbons (Fsp3) is 0.235. The van der Waals surface area contributed by atoms with Crippen LogP contribution in [0.1, 0.15) is 34.5 Å². The minimum atomic E-state index is 0.00227. The van der Waals surface area contributed by atoms with Gasteiger partial charge in [0, 0.05) is 16.0 Å². The molecule has 21 heavy (non-hydrogen) atoms. The highest BCUT2D eigenvalue weighted by molar-refractivity contribution is 9.11. The molecule has 0 radical (unpaired) electrons. The molecule has 0 aliphatic heterocycles. The molecule has 1 unspecified atom stereocenters. The predicted molar refractivity (Wildman–Crippen MR) is 93.5 cm³/mol. The van der Waals surface area contributed by atoms with E-state index in [1.807, 2.05) is 32.2 Å². The van der Waals surface area contributed by atoms with E-state index in [0.717, 1.165) is 14.5 Å². The van der Waals surface area contributed by atoms with Crippen LogP contribution in [0.4, 0.5) is 0 Å². The SMILES string of the molecule is Cc1ccc(C(C)N(C)C(=O)c2ccc(Br)cc2Br)cc1. The van der Waals surface area contributed by atoms with Gasteiger partial charge in [-0.15, -0.1) is 0 Å². The summed E-state index contributed by atoms with van der Waals surface area (Å²) in [4.78, 5) is 14.4. The molecule has 0 spiro atoms. The average Bonchev–Trinajstić information content (AvgIpc) is 2.46. The maximum atomic E-state index is 12.6. The van der Waals surface area contributed by atoms with E-state index < -0.39 is 0 Å². The van der Waals surface area contributed by atoms with Gasteiger partial charge in [-0.25, -0.2) is 0 Å². The van der Waals surface area contributed by atoms with Crippen molar-refractivity contribution in [1.82, 2.24) is 4.90 Å². The second kappa shape index (κ2) is 6.75. The van der Waals surface area contributed by atoms with Gasteiger partial charge in [-0.05, 0) is 53.5 Å². The molecule has 1 amide bonds. The largest absolute Gasteiger partial charge is 0.335 e. The first kappa shape index (κ1) is 16.2. The summed E-state index contributed by atoms with van der Waals surface area (Å²) in [5.41, 5.74) is 3.01. The summed E-state index contributed by atoms with van der Waals surface area (Å²) < 4.78 is 1.74. The van der Waals surface area contributed by atoms with Gasteiger partial charge in [-0.1, -0.05) is 45.8 Å². The highest BCUT2D eigenvalue weighted by Crippen LogP contribution is 2.26. The van der Waals surface area contributed by atoms with E-state index >= 15 is 0 Å². The number of aryl methyl sites for hydroxylation is 1. The van der Waals surface area contributed by atoms with Gasteiger partial charge in [0.1, 0.15) is 0 Å². The maximum Gasteiger partial charge on any atom is 0.255 e. The molecule has 0 aliphatic carbocycles. The number of nitrogens with zero attached hydrogens (tertiary/aromatic N) is 1. The van der Waals surface area contributed by atoms with E-state index in [1.165, 1.54) is 5.56 Å². The summed E-state index contributed by atoms with van der Waals surface area (Å²) in [5.74, 6) is 0.00227. The molecular formula is C17H17Br2NO. The highest BCUT2D eigenvalue weighted by atomic mass is 79.9. The van der Waals surface area contributed by atoms with Crippen LogP contribution in [0.3, 0.4) is 0 Å². The molecule has 2 rings (SSSR count). The molecule has 2 aromatic carbocycles. The van der Waals surface area contributed by atoms with Crippen LogP contribution in [-0.2, 0) is 0 Å².